The molecular weight excluding hydrogens is 286 g/mol. The summed E-state index contributed by atoms with van der Waals surface area (Å²) in [4.78, 5) is 12.0. The van der Waals surface area contributed by atoms with Gasteiger partial charge in [-0.3, -0.25) is 4.79 Å². The summed E-state index contributed by atoms with van der Waals surface area (Å²) >= 11 is 5.91. The van der Waals surface area contributed by atoms with E-state index in [1.807, 2.05) is 0 Å². The van der Waals surface area contributed by atoms with Gasteiger partial charge in [-0.25, -0.2) is 0 Å². The molecule has 2 rings (SSSR count). The van der Waals surface area contributed by atoms with Crippen LogP contribution in [-0.4, -0.2) is 18.5 Å². The van der Waals surface area contributed by atoms with E-state index in [4.69, 9.17) is 16.9 Å². The highest BCUT2D eigenvalue weighted by Crippen LogP contribution is 2.20. The van der Waals surface area contributed by atoms with Crippen molar-refractivity contribution in [3.63, 3.8) is 0 Å². The van der Waals surface area contributed by atoms with Crippen LogP contribution < -0.4 is 10.6 Å². The van der Waals surface area contributed by atoms with E-state index in [0.717, 1.165) is 12.8 Å². The maximum absolute atomic E-state index is 12.0. The molecule has 0 saturated heterocycles. The summed E-state index contributed by atoms with van der Waals surface area (Å²) in [6, 6.07) is 7.35. The van der Waals surface area contributed by atoms with Crippen LogP contribution >= 0.6 is 11.6 Å². The van der Waals surface area contributed by atoms with Crippen molar-refractivity contribution in [3.8, 4) is 6.07 Å². The van der Waals surface area contributed by atoms with Crippen molar-refractivity contribution in [2.75, 3.05) is 11.9 Å². The van der Waals surface area contributed by atoms with Crippen molar-refractivity contribution < 1.29 is 4.79 Å². The summed E-state index contributed by atoms with van der Waals surface area (Å²) in [5.41, 5.74) is 1.09. The van der Waals surface area contributed by atoms with Crippen molar-refractivity contribution in [3.05, 3.63) is 28.8 Å². The predicted octanol–water partition coefficient (Wildman–Crippen LogP) is 3.46. The molecule has 0 bridgehead atoms. The summed E-state index contributed by atoms with van der Waals surface area (Å²) in [5.74, 6) is -0.0363. The first kappa shape index (κ1) is 15.7. The zero-order chi connectivity index (χ0) is 15.1. The Kier molecular flexibility index (Phi) is 5.89. The lowest BCUT2D eigenvalue weighted by Crippen LogP contribution is -2.38. The highest BCUT2D eigenvalue weighted by molar-refractivity contribution is 6.30. The van der Waals surface area contributed by atoms with Crippen LogP contribution in [0.2, 0.25) is 5.02 Å². The van der Waals surface area contributed by atoms with E-state index in [2.05, 4.69) is 16.7 Å². The van der Waals surface area contributed by atoms with E-state index in [9.17, 15) is 4.79 Å². The molecule has 0 heterocycles. The molecule has 0 atom stereocenters. The monoisotopic (exact) mass is 305 g/mol. The summed E-state index contributed by atoms with van der Waals surface area (Å²) < 4.78 is 0. The minimum Gasteiger partial charge on any atom is -0.375 e. The molecule has 1 aromatic carbocycles. The maximum atomic E-state index is 12.0. The second-order valence-electron chi connectivity index (χ2n) is 5.41. The molecule has 0 spiro atoms. The minimum absolute atomic E-state index is 0.0363. The smallest absolute Gasteiger partial charge is 0.239 e. The molecule has 0 unspecified atom stereocenters. The molecule has 1 aliphatic rings. The van der Waals surface area contributed by atoms with E-state index < -0.39 is 0 Å². The number of halogens is 1. The zero-order valence-corrected chi connectivity index (χ0v) is 12.7. The number of carbonyl (C=O) groups is 1. The van der Waals surface area contributed by atoms with Gasteiger partial charge in [0.25, 0.3) is 0 Å². The van der Waals surface area contributed by atoms with Crippen LogP contribution in [0.15, 0.2) is 18.2 Å². The van der Waals surface area contributed by atoms with E-state index in [-0.39, 0.29) is 18.5 Å². The van der Waals surface area contributed by atoms with Gasteiger partial charge < -0.3 is 10.6 Å². The van der Waals surface area contributed by atoms with Gasteiger partial charge in [0.1, 0.15) is 6.07 Å². The molecule has 1 amide bonds. The molecule has 1 saturated carbocycles. The lowest BCUT2D eigenvalue weighted by molar-refractivity contribution is -0.120. The Balaban J connectivity index is 1.86. The summed E-state index contributed by atoms with van der Waals surface area (Å²) in [6.07, 6.45) is 7.02. The van der Waals surface area contributed by atoms with E-state index in [1.54, 1.807) is 18.2 Å². The van der Waals surface area contributed by atoms with Crippen molar-refractivity contribution in [1.82, 2.24) is 5.32 Å². The van der Waals surface area contributed by atoms with Gasteiger partial charge >= 0.3 is 0 Å². The van der Waals surface area contributed by atoms with Crippen LogP contribution in [0, 0.1) is 11.3 Å². The van der Waals surface area contributed by atoms with Gasteiger partial charge in [-0.15, -0.1) is 0 Å². The third-order valence-electron chi connectivity index (χ3n) is 3.76. The molecular formula is C16H20ClN3O. The summed E-state index contributed by atoms with van der Waals surface area (Å²) in [5, 5.41) is 15.6. The number of nitrogens with one attached hydrogen (secondary N) is 2. The van der Waals surface area contributed by atoms with Gasteiger partial charge in [0, 0.05) is 11.1 Å². The number of hydrogen-bond donors (Lipinski definition) is 2. The Labute approximate surface area is 130 Å². The molecule has 0 radical (unpaired) electrons. The highest BCUT2D eigenvalue weighted by Gasteiger charge is 2.14. The molecule has 112 valence electrons. The molecule has 1 aliphatic carbocycles. The number of amides is 1. The normalized spacial score (nSPS) is 15.8. The molecule has 2 N–H and O–H groups in total. The van der Waals surface area contributed by atoms with E-state index in [1.165, 1.54) is 25.7 Å². The fraction of sp³-hybridized carbons (Fsp3) is 0.500. The lowest BCUT2D eigenvalue weighted by Gasteiger charge is -2.17. The molecule has 5 heteroatoms. The van der Waals surface area contributed by atoms with Gasteiger partial charge in [0.05, 0.1) is 17.8 Å². The Bertz CT molecular complexity index is 531. The largest absolute Gasteiger partial charge is 0.375 e. The molecule has 21 heavy (non-hydrogen) atoms. The van der Waals surface area contributed by atoms with E-state index >= 15 is 0 Å². The van der Waals surface area contributed by atoms with Gasteiger partial charge in [0.15, 0.2) is 0 Å². The number of benzene rings is 1. The van der Waals surface area contributed by atoms with Gasteiger partial charge in [-0.1, -0.05) is 37.3 Å². The Morgan fingerprint density at radius 3 is 2.67 bits per heavy atom. The molecule has 1 aromatic rings. The average molecular weight is 306 g/mol. The average Bonchev–Trinajstić information content (AvgIpc) is 2.74. The maximum Gasteiger partial charge on any atom is 0.239 e. The molecule has 4 nitrogen and oxygen atoms in total. The van der Waals surface area contributed by atoms with Crippen molar-refractivity contribution >= 4 is 23.2 Å². The van der Waals surface area contributed by atoms with Crippen LogP contribution in [0.3, 0.4) is 0 Å². The first-order valence-electron chi connectivity index (χ1n) is 7.42. The Hall–Kier alpha value is -1.73. The number of hydrogen-bond acceptors (Lipinski definition) is 3. The second-order valence-corrected chi connectivity index (χ2v) is 5.85. The fourth-order valence-corrected chi connectivity index (χ4v) is 2.81. The van der Waals surface area contributed by atoms with Gasteiger partial charge in [0.2, 0.25) is 5.91 Å². The third-order valence-corrected chi connectivity index (χ3v) is 4.00. The highest BCUT2D eigenvalue weighted by atomic mass is 35.5. The summed E-state index contributed by atoms with van der Waals surface area (Å²) in [6.45, 7) is 0.158. The fourth-order valence-electron chi connectivity index (χ4n) is 2.64. The molecule has 0 aliphatic heterocycles. The first-order chi connectivity index (χ1) is 10.2. The Morgan fingerprint density at radius 1 is 1.29 bits per heavy atom. The van der Waals surface area contributed by atoms with Crippen LogP contribution in [0.4, 0.5) is 5.69 Å². The van der Waals surface area contributed by atoms with Crippen molar-refractivity contribution in [2.45, 2.75) is 44.6 Å². The Morgan fingerprint density at radius 2 is 2.00 bits per heavy atom. The standard InChI is InChI=1S/C16H20ClN3O/c17-13-8-7-12(10-18)15(9-13)19-11-16(21)20-14-5-3-1-2-4-6-14/h7-9,14,19H,1-6,11H2,(H,20,21). The zero-order valence-electron chi connectivity index (χ0n) is 12.0. The topological polar surface area (TPSA) is 64.9 Å². The quantitative estimate of drug-likeness (QED) is 0.837. The first-order valence-corrected chi connectivity index (χ1v) is 7.79. The van der Waals surface area contributed by atoms with Crippen molar-refractivity contribution in [2.24, 2.45) is 0 Å². The predicted molar refractivity (Wildman–Crippen MR) is 84.3 cm³/mol. The number of nitriles is 1. The van der Waals surface area contributed by atoms with Gasteiger partial charge in [-0.2, -0.15) is 5.26 Å². The number of anilines is 1. The second kappa shape index (κ2) is 7.90. The van der Waals surface area contributed by atoms with Gasteiger partial charge in [-0.05, 0) is 31.0 Å². The van der Waals surface area contributed by atoms with Crippen molar-refractivity contribution in [1.29, 1.82) is 5.26 Å². The lowest BCUT2D eigenvalue weighted by atomic mass is 10.1. The van der Waals surface area contributed by atoms with Crippen LogP contribution in [0.5, 0.6) is 0 Å². The molecule has 1 fully saturated rings. The number of carbonyl (C=O) groups excluding carboxylic acids is 1. The van der Waals surface area contributed by atoms with Crippen LogP contribution in [0.1, 0.15) is 44.1 Å². The van der Waals surface area contributed by atoms with Crippen LogP contribution in [-0.2, 0) is 4.79 Å². The van der Waals surface area contributed by atoms with E-state index in [0.29, 0.717) is 16.3 Å². The minimum atomic E-state index is -0.0363. The molecule has 0 aromatic heterocycles. The summed E-state index contributed by atoms with van der Waals surface area (Å²) in [7, 11) is 0. The SMILES string of the molecule is N#Cc1ccc(Cl)cc1NCC(=O)NC1CCCCCC1. The number of nitrogens with zero attached hydrogens (tertiary/aromatic N) is 1. The third kappa shape index (κ3) is 4.95. The number of rotatable bonds is 4. The van der Waals surface area contributed by atoms with Crippen LogP contribution in [0.25, 0.3) is 0 Å².